The van der Waals surface area contributed by atoms with Crippen LogP contribution in [0.2, 0.25) is 25.7 Å². The fraction of sp³-hybridized carbons (Fsp3) is 0.481. The summed E-state index contributed by atoms with van der Waals surface area (Å²) >= 11 is 0. The lowest BCUT2D eigenvalue weighted by Gasteiger charge is -2.21. The number of nitrogens with one attached hydrogen (secondary N) is 1. The van der Waals surface area contributed by atoms with Crippen LogP contribution < -0.4 is 4.74 Å². The zero-order valence-corrected chi connectivity index (χ0v) is 24.3. The van der Waals surface area contributed by atoms with Crippen LogP contribution in [0, 0.1) is 12.3 Å². The molecule has 0 unspecified atom stereocenters. The van der Waals surface area contributed by atoms with Gasteiger partial charge in [-0.3, -0.25) is 9.78 Å². The molecule has 0 amide bonds. The topological polar surface area (TPSA) is 99.2 Å². The highest BCUT2D eigenvalue weighted by Gasteiger charge is 2.37. The minimum atomic E-state index is -4.62. The Labute approximate surface area is 227 Å². The van der Waals surface area contributed by atoms with Gasteiger partial charge in [-0.25, -0.2) is 9.97 Å². The molecule has 8 nitrogen and oxygen atoms in total. The first-order chi connectivity index (χ1) is 18.1. The van der Waals surface area contributed by atoms with E-state index in [0.717, 1.165) is 22.7 Å². The lowest BCUT2D eigenvalue weighted by Crippen LogP contribution is -2.32. The molecule has 0 aliphatic heterocycles. The highest BCUT2D eigenvalue weighted by atomic mass is 28.3. The number of carbonyl (C=O) groups excluding carboxylic acids is 1. The van der Waals surface area contributed by atoms with Gasteiger partial charge < -0.3 is 19.2 Å². The molecule has 3 rings (SSSR count). The number of halogens is 3. The van der Waals surface area contributed by atoms with Crippen LogP contribution in [0.1, 0.15) is 30.8 Å². The molecule has 12 heteroatoms. The molecular formula is C27H35F3N4O4Si. The van der Waals surface area contributed by atoms with Crippen molar-refractivity contribution in [3.8, 4) is 28.5 Å². The van der Waals surface area contributed by atoms with Crippen molar-refractivity contribution in [3.05, 3.63) is 47.5 Å². The molecule has 0 spiro atoms. The lowest BCUT2D eigenvalue weighted by molar-refractivity contribution is -0.152. The van der Waals surface area contributed by atoms with Gasteiger partial charge in [0, 0.05) is 44.3 Å². The van der Waals surface area contributed by atoms with Crippen LogP contribution in [0.25, 0.3) is 22.6 Å². The SMILES string of the molecule is COC(=O)C(C)(C)COc1cc(C)c(-c2ccc(-c3nc(C(F)(F)F)c(COCC[Si](C)(C)C)[nH]3)nc2)cn1. The highest BCUT2D eigenvalue weighted by molar-refractivity contribution is 6.76. The maximum absolute atomic E-state index is 13.6. The number of hydrogen-bond acceptors (Lipinski definition) is 7. The summed E-state index contributed by atoms with van der Waals surface area (Å²) in [6.45, 7) is 12.1. The number of aromatic amines is 1. The molecule has 0 radical (unpaired) electrons. The molecule has 0 fully saturated rings. The Kier molecular flexibility index (Phi) is 9.22. The van der Waals surface area contributed by atoms with Crippen LogP contribution in [-0.4, -0.2) is 54.3 Å². The van der Waals surface area contributed by atoms with Crippen molar-refractivity contribution in [2.75, 3.05) is 20.3 Å². The highest BCUT2D eigenvalue weighted by Crippen LogP contribution is 2.33. The first kappa shape index (κ1) is 30.3. The number of ether oxygens (including phenoxy) is 3. The molecule has 0 aromatic carbocycles. The Morgan fingerprint density at radius 3 is 2.38 bits per heavy atom. The average molecular weight is 565 g/mol. The smallest absolute Gasteiger partial charge is 0.435 e. The summed E-state index contributed by atoms with van der Waals surface area (Å²) in [7, 11) is -0.0381. The Morgan fingerprint density at radius 2 is 1.82 bits per heavy atom. The van der Waals surface area contributed by atoms with E-state index in [9.17, 15) is 18.0 Å². The number of esters is 1. The first-order valence-corrected chi connectivity index (χ1v) is 16.2. The van der Waals surface area contributed by atoms with E-state index in [1.54, 1.807) is 44.4 Å². The van der Waals surface area contributed by atoms with Crippen LogP contribution in [0.15, 0.2) is 30.6 Å². The number of nitrogens with zero attached hydrogens (tertiary/aromatic N) is 3. The molecule has 0 atom stereocenters. The van der Waals surface area contributed by atoms with Gasteiger partial charge in [0.25, 0.3) is 0 Å². The molecule has 39 heavy (non-hydrogen) atoms. The van der Waals surface area contributed by atoms with Crippen molar-refractivity contribution >= 4 is 14.0 Å². The van der Waals surface area contributed by atoms with E-state index in [1.165, 1.54) is 7.11 Å². The summed E-state index contributed by atoms with van der Waals surface area (Å²) in [5.41, 5.74) is 0.671. The molecule has 3 aromatic heterocycles. The molecule has 0 bridgehead atoms. The van der Waals surface area contributed by atoms with Gasteiger partial charge in [-0.05, 0) is 38.4 Å². The van der Waals surface area contributed by atoms with Gasteiger partial charge in [0.15, 0.2) is 11.5 Å². The third-order valence-electron chi connectivity index (χ3n) is 6.01. The number of aryl methyl sites for hydroxylation is 1. The molecule has 212 valence electrons. The van der Waals surface area contributed by atoms with Crippen LogP contribution in [0.3, 0.4) is 0 Å². The molecule has 3 heterocycles. The maximum atomic E-state index is 13.6. The van der Waals surface area contributed by atoms with Gasteiger partial charge in [-0.15, -0.1) is 0 Å². The van der Waals surface area contributed by atoms with Crippen molar-refractivity contribution < 1.29 is 32.2 Å². The number of alkyl halides is 3. The van der Waals surface area contributed by atoms with Gasteiger partial charge >= 0.3 is 12.1 Å². The Bertz CT molecular complexity index is 1290. The largest absolute Gasteiger partial charge is 0.476 e. The zero-order chi connectivity index (χ0) is 29.0. The normalized spacial score (nSPS) is 12.5. The number of rotatable bonds is 11. The zero-order valence-electron chi connectivity index (χ0n) is 23.3. The maximum Gasteiger partial charge on any atom is 0.435 e. The Hall–Kier alpha value is -3.25. The summed E-state index contributed by atoms with van der Waals surface area (Å²) in [4.78, 5) is 27.1. The molecule has 3 aromatic rings. The van der Waals surface area contributed by atoms with Crippen molar-refractivity contribution in [1.82, 2.24) is 19.9 Å². The number of aromatic nitrogens is 4. The van der Waals surface area contributed by atoms with Crippen LogP contribution >= 0.6 is 0 Å². The Morgan fingerprint density at radius 1 is 1.10 bits per heavy atom. The van der Waals surface area contributed by atoms with Crippen LogP contribution in [0.4, 0.5) is 13.2 Å². The van der Waals surface area contributed by atoms with Crippen molar-refractivity contribution in [2.24, 2.45) is 5.41 Å². The number of methoxy groups -OCH3 is 1. The summed E-state index contributed by atoms with van der Waals surface area (Å²) in [5, 5.41) is 0. The number of carbonyl (C=O) groups is 1. The predicted octanol–water partition coefficient (Wildman–Crippen LogP) is 6.29. The van der Waals surface area contributed by atoms with Crippen LogP contribution in [0.5, 0.6) is 5.88 Å². The number of pyridine rings is 2. The molecule has 0 aliphatic carbocycles. The van der Waals surface area contributed by atoms with E-state index in [4.69, 9.17) is 14.2 Å². The molecule has 0 saturated carbocycles. The molecule has 1 N–H and O–H groups in total. The predicted molar refractivity (Wildman–Crippen MR) is 144 cm³/mol. The molecular weight excluding hydrogens is 529 g/mol. The van der Waals surface area contributed by atoms with Gasteiger partial charge in [0.2, 0.25) is 5.88 Å². The summed E-state index contributed by atoms with van der Waals surface area (Å²) < 4.78 is 56.9. The standard InChI is InChI=1S/C27H35F3N4O4Si/c1-17-12-22(38-16-26(2,3)25(35)36-4)32-14-19(17)18-8-9-20(31-13-18)24-33-21(23(34-24)27(28,29)30)15-37-10-11-39(5,6)7/h8-9,12-14H,10-11,15-16H2,1-7H3,(H,33,34). The number of H-pyrrole nitrogens is 1. The van der Waals surface area contributed by atoms with E-state index in [-0.39, 0.29) is 36.4 Å². The monoisotopic (exact) mass is 564 g/mol. The second-order valence-electron chi connectivity index (χ2n) is 11.2. The molecule has 0 aliphatic rings. The van der Waals surface area contributed by atoms with Gasteiger partial charge in [-0.2, -0.15) is 13.2 Å². The minimum Gasteiger partial charge on any atom is -0.476 e. The van der Waals surface area contributed by atoms with Gasteiger partial charge in [-0.1, -0.05) is 25.7 Å². The van der Waals surface area contributed by atoms with E-state index >= 15 is 0 Å². The van der Waals surface area contributed by atoms with E-state index in [2.05, 4.69) is 39.6 Å². The van der Waals surface area contributed by atoms with E-state index in [1.807, 2.05) is 6.92 Å². The second-order valence-corrected chi connectivity index (χ2v) is 16.8. The number of hydrogen-bond donors (Lipinski definition) is 1. The fourth-order valence-corrected chi connectivity index (χ4v) is 4.37. The van der Waals surface area contributed by atoms with Crippen molar-refractivity contribution in [2.45, 2.75) is 59.2 Å². The third kappa shape index (κ3) is 8.12. The second kappa shape index (κ2) is 11.9. The van der Waals surface area contributed by atoms with Gasteiger partial charge in [0.1, 0.15) is 12.3 Å². The van der Waals surface area contributed by atoms with Crippen molar-refractivity contribution in [3.63, 3.8) is 0 Å². The van der Waals surface area contributed by atoms with E-state index < -0.39 is 25.4 Å². The summed E-state index contributed by atoms with van der Waals surface area (Å²) in [6.07, 6.45) is -1.44. The fourth-order valence-electron chi connectivity index (χ4n) is 3.62. The van der Waals surface area contributed by atoms with Crippen LogP contribution in [-0.2, 0) is 27.1 Å². The number of imidazole rings is 1. The average Bonchev–Trinajstić information content (AvgIpc) is 3.29. The summed E-state index contributed by atoms with van der Waals surface area (Å²) in [5.74, 6) is -0.0141. The van der Waals surface area contributed by atoms with E-state index in [0.29, 0.717) is 12.5 Å². The third-order valence-corrected chi connectivity index (χ3v) is 7.72. The quantitative estimate of drug-likeness (QED) is 0.166. The Balaban J connectivity index is 1.75. The lowest BCUT2D eigenvalue weighted by atomic mass is 9.95. The minimum absolute atomic E-state index is 0.0180. The van der Waals surface area contributed by atoms with Crippen molar-refractivity contribution in [1.29, 1.82) is 0 Å². The van der Waals surface area contributed by atoms with Gasteiger partial charge in [0.05, 0.1) is 24.8 Å². The summed E-state index contributed by atoms with van der Waals surface area (Å²) in [6, 6.07) is 5.94. The molecule has 0 saturated heterocycles. The first-order valence-electron chi connectivity index (χ1n) is 12.5.